The molecular formula is C12H18NO. The van der Waals surface area contributed by atoms with E-state index < -0.39 is 6.23 Å². The third-order valence-corrected chi connectivity index (χ3v) is 2.19. The van der Waals surface area contributed by atoms with Gasteiger partial charge in [-0.05, 0) is 32.3 Å². The van der Waals surface area contributed by atoms with Gasteiger partial charge < -0.3 is 5.11 Å². The standard InChI is InChI=1S/C12H18NO/c1-10(13-11(2)14)8-9-12-6-4-3-5-7-12/h3-7,10-11,13-14H,2,8-9H2,1H3. The van der Waals surface area contributed by atoms with E-state index in [1.54, 1.807) is 0 Å². The monoisotopic (exact) mass is 192 g/mol. The van der Waals surface area contributed by atoms with Crippen molar-refractivity contribution in [3.05, 3.63) is 42.8 Å². The Morgan fingerprint density at radius 2 is 2.00 bits per heavy atom. The van der Waals surface area contributed by atoms with E-state index in [1.807, 2.05) is 18.2 Å². The lowest BCUT2D eigenvalue weighted by atomic mass is 10.1. The van der Waals surface area contributed by atoms with E-state index in [0.29, 0.717) is 6.04 Å². The van der Waals surface area contributed by atoms with Gasteiger partial charge in [-0.3, -0.25) is 5.32 Å². The van der Waals surface area contributed by atoms with E-state index in [2.05, 4.69) is 31.3 Å². The molecule has 0 bridgehead atoms. The lowest BCUT2D eigenvalue weighted by Gasteiger charge is -2.15. The second-order valence-electron chi connectivity index (χ2n) is 3.61. The Morgan fingerprint density at radius 1 is 1.36 bits per heavy atom. The highest BCUT2D eigenvalue weighted by molar-refractivity contribution is 5.14. The van der Waals surface area contributed by atoms with Crippen molar-refractivity contribution in [2.24, 2.45) is 0 Å². The van der Waals surface area contributed by atoms with E-state index in [-0.39, 0.29) is 0 Å². The maximum Gasteiger partial charge on any atom is 0.105 e. The van der Waals surface area contributed by atoms with Gasteiger partial charge in [-0.25, -0.2) is 0 Å². The van der Waals surface area contributed by atoms with Crippen molar-refractivity contribution in [3.8, 4) is 0 Å². The van der Waals surface area contributed by atoms with E-state index in [4.69, 9.17) is 5.11 Å². The predicted octanol–water partition coefficient (Wildman–Crippen LogP) is 1.75. The fraction of sp³-hybridized carbons (Fsp3) is 0.417. The molecule has 1 radical (unpaired) electrons. The molecule has 1 aromatic rings. The van der Waals surface area contributed by atoms with Crippen molar-refractivity contribution < 1.29 is 5.11 Å². The van der Waals surface area contributed by atoms with Crippen molar-refractivity contribution in [1.82, 2.24) is 5.32 Å². The van der Waals surface area contributed by atoms with Gasteiger partial charge >= 0.3 is 0 Å². The summed E-state index contributed by atoms with van der Waals surface area (Å²) in [4.78, 5) is 0. The third kappa shape index (κ3) is 4.40. The molecule has 77 valence electrons. The van der Waals surface area contributed by atoms with Crippen LogP contribution in [0.25, 0.3) is 0 Å². The SMILES string of the molecule is [CH2]C(O)NC(C)CCc1ccccc1. The molecule has 2 nitrogen and oxygen atoms in total. The summed E-state index contributed by atoms with van der Waals surface area (Å²) in [6, 6.07) is 10.6. The average molecular weight is 192 g/mol. The van der Waals surface area contributed by atoms with Gasteiger partial charge in [-0.15, -0.1) is 0 Å². The molecule has 0 aliphatic carbocycles. The highest BCUT2D eigenvalue weighted by Crippen LogP contribution is 2.04. The molecule has 0 amide bonds. The van der Waals surface area contributed by atoms with E-state index >= 15 is 0 Å². The first kappa shape index (κ1) is 11.2. The molecule has 0 aliphatic heterocycles. The first-order valence-electron chi connectivity index (χ1n) is 4.99. The van der Waals surface area contributed by atoms with Gasteiger partial charge in [0.1, 0.15) is 6.23 Å². The number of rotatable bonds is 5. The largest absolute Gasteiger partial charge is 0.379 e. The maximum atomic E-state index is 9.00. The normalized spacial score (nSPS) is 15.1. The van der Waals surface area contributed by atoms with Crippen LogP contribution in [0.15, 0.2) is 30.3 Å². The number of benzene rings is 1. The summed E-state index contributed by atoms with van der Waals surface area (Å²) < 4.78 is 0. The Morgan fingerprint density at radius 3 is 2.57 bits per heavy atom. The van der Waals surface area contributed by atoms with E-state index in [9.17, 15) is 0 Å². The minimum Gasteiger partial charge on any atom is -0.379 e. The zero-order chi connectivity index (χ0) is 10.4. The zero-order valence-corrected chi connectivity index (χ0v) is 8.61. The summed E-state index contributed by atoms with van der Waals surface area (Å²) >= 11 is 0. The van der Waals surface area contributed by atoms with Crippen molar-refractivity contribution in [2.75, 3.05) is 0 Å². The van der Waals surface area contributed by atoms with Crippen LogP contribution in [0, 0.1) is 6.92 Å². The van der Waals surface area contributed by atoms with Crippen LogP contribution in [0.4, 0.5) is 0 Å². The highest BCUT2D eigenvalue weighted by atomic mass is 16.3. The van der Waals surface area contributed by atoms with Crippen LogP contribution in [0.1, 0.15) is 18.9 Å². The van der Waals surface area contributed by atoms with Crippen LogP contribution >= 0.6 is 0 Å². The van der Waals surface area contributed by atoms with Crippen molar-refractivity contribution in [3.63, 3.8) is 0 Å². The van der Waals surface area contributed by atoms with Crippen LogP contribution in [-0.2, 0) is 6.42 Å². The molecule has 1 aromatic carbocycles. The molecule has 2 N–H and O–H groups in total. The van der Waals surface area contributed by atoms with Crippen LogP contribution in [-0.4, -0.2) is 17.4 Å². The molecule has 0 aromatic heterocycles. The van der Waals surface area contributed by atoms with Crippen LogP contribution < -0.4 is 5.32 Å². The molecule has 2 heteroatoms. The molecule has 0 aliphatic rings. The first-order chi connectivity index (χ1) is 6.68. The van der Waals surface area contributed by atoms with Gasteiger partial charge in [0.25, 0.3) is 0 Å². The fourth-order valence-corrected chi connectivity index (χ4v) is 1.44. The first-order valence-corrected chi connectivity index (χ1v) is 4.99. The fourth-order valence-electron chi connectivity index (χ4n) is 1.44. The molecule has 0 fully saturated rings. The molecule has 0 saturated heterocycles. The maximum absolute atomic E-state index is 9.00. The van der Waals surface area contributed by atoms with Gasteiger partial charge in [0.05, 0.1) is 0 Å². The molecule has 2 atom stereocenters. The molecule has 0 saturated carbocycles. The Balaban J connectivity index is 2.27. The van der Waals surface area contributed by atoms with Crippen LogP contribution in [0.3, 0.4) is 0 Å². The minimum absolute atomic E-state index is 0.294. The summed E-state index contributed by atoms with van der Waals surface area (Å²) in [5, 5.41) is 12.0. The Hall–Kier alpha value is -0.860. The van der Waals surface area contributed by atoms with Gasteiger partial charge in [0.15, 0.2) is 0 Å². The molecule has 1 rings (SSSR count). The molecule has 0 spiro atoms. The topological polar surface area (TPSA) is 32.3 Å². The smallest absolute Gasteiger partial charge is 0.105 e. The van der Waals surface area contributed by atoms with Gasteiger partial charge in [-0.1, -0.05) is 30.3 Å². The molecule has 0 heterocycles. The Kier molecular flexibility index (Phi) is 4.63. The van der Waals surface area contributed by atoms with Crippen LogP contribution in [0.5, 0.6) is 0 Å². The minimum atomic E-state index is -0.666. The van der Waals surface area contributed by atoms with E-state index in [0.717, 1.165) is 12.8 Å². The summed E-state index contributed by atoms with van der Waals surface area (Å²) in [7, 11) is 0. The molecule has 2 unspecified atom stereocenters. The summed E-state index contributed by atoms with van der Waals surface area (Å²) in [5.74, 6) is 0. The number of aliphatic hydroxyl groups is 1. The summed E-state index contributed by atoms with van der Waals surface area (Å²) in [6.45, 7) is 5.53. The third-order valence-electron chi connectivity index (χ3n) is 2.19. The lowest BCUT2D eigenvalue weighted by molar-refractivity contribution is 0.166. The van der Waals surface area contributed by atoms with Gasteiger partial charge in [0.2, 0.25) is 0 Å². The number of hydrogen-bond donors (Lipinski definition) is 2. The molecular weight excluding hydrogens is 174 g/mol. The molecule has 14 heavy (non-hydrogen) atoms. The summed E-state index contributed by atoms with van der Waals surface area (Å²) in [6.07, 6.45) is 1.37. The van der Waals surface area contributed by atoms with Crippen molar-refractivity contribution in [2.45, 2.75) is 32.0 Å². The van der Waals surface area contributed by atoms with Gasteiger partial charge in [0, 0.05) is 6.04 Å². The Labute approximate surface area is 86.0 Å². The van der Waals surface area contributed by atoms with Gasteiger partial charge in [-0.2, -0.15) is 0 Å². The second kappa shape index (κ2) is 5.78. The average Bonchev–Trinajstić information content (AvgIpc) is 2.15. The van der Waals surface area contributed by atoms with Crippen molar-refractivity contribution >= 4 is 0 Å². The number of hydrogen-bond acceptors (Lipinski definition) is 2. The number of nitrogens with one attached hydrogen (secondary N) is 1. The summed E-state index contributed by atoms with van der Waals surface area (Å²) in [5.41, 5.74) is 1.33. The van der Waals surface area contributed by atoms with Crippen LogP contribution in [0.2, 0.25) is 0 Å². The zero-order valence-electron chi connectivity index (χ0n) is 8.61. The lowest BCUT2D eigenvalue weighted by Crippen LogP contribution is -2.34. The quantitative estimate of drug-likeness (QED) is 0.697. The number of aryl methyl sites for hydroxylation is 1. The number of aliphatic hydroxyl groups excluding tert-OH is 1. The Bertz CT molecular complexity index is 246. The van der Waals surface area contributed by atoms with E-state index in [1.165, 1.54) is 5.56 Å². The second-order valence-corrected chi connectivity index (χ2v) is 3.61. The van der Waals surface area contributed by atoms with Crippen molar-refractivity contribution in [1.29, 1.82) is 0 Å². The predicted molar refractivity (Wildman–Crippen MR) is 58.7 cm³/mol. The highest BCUT2D eigenvalue weighted by Gasteiger charge is 2.03.